The Labute approximate surface area is 67.3 Å². The quantitative estimate of drug-likeness (QED) is 0.428. The zero-order chi connectivity index (χ0) is 8.69. The highest BCUT2D eigenvalue weighted by Crippen LogP contribution is 1.88. The molecule has 0 aliphatic rings. The Hall–Kier alpha value is -1.01. The van der Waals surface area contributed by atoms with Crippen LogP contribution in [0.4, 0.5) is 0 Å². The van der Waals surface area contributed by atoms with Gasteiger partial charge in [-0.1, -0.05) is 6.92 Å². The largest absolute Gasteiger partial charge is 0.368 e. The van der Waals surface area contributed by atoms with Crippen molar-refractivity contribution in [2.45, 2.75) is 25.8 Å². The minimum absolute atomic E-state index is 0.233. The van der Waals surface area contributed by atoms with Crippen molar-refractivity contribution < 1.29 is 4.79 Å². The summed E-state index contributed by atoms with van der Waals surface area (Å²) < 4.78 is 0. The number of carbonyl (C=O) groups excluding carboxylic acids is 1. The molecule has 0 aromatic heterocycles. The lowest BCUT2D eigenvalue weighted by Gasteiger charge is -2.10. The van der Waals surface area contributed by atoms with E-state index in [1.807, 2.05) is 6.92 Å². The summed E-state index contributed by atoms with van der Waals surface area (Å²) in [5, 5.41) is 2.95. The minimum atomic E-state index is -0.315. The maximum atomic E-state index is 10.6. The molecular formula is C8H14N2O. The molecule has 3 nitrogen and oxygen atoms in total. The van der Waals surface area contributed by atoms with Crippen LogP contribution in [0.15, 0.2) is 0 Å². The number of terminal acetylenes is 1. The molecule has 3 N–H and O–H groups in total. The minimum Gasteiger partial charge on any atom is -0.368 e. The number of nitrogens with two attached hydrogens (primary N) is 1. The highest BCUT2D eigenvalue weighted by molar-refractivity contribution is 5.79. The number of carbonyl (C=O) groups is 1. The Bertz CT molecular complexity index is 160. The SMILES string of the molecule is C#CCCNC(CC)C(N)=O. The van der Waals surface area contributed by atoms with Gasteiger partial charge < -0.3 is 11.1 Å². The molecule has 0 bridgehead atoms. The van der Waals surface area contributed by atoms with E-state index in [-0.39, 0.29) is 11.9 Å². The molecule has 1 amide bonds. The number of nitrogens with one attached hydrogen (secondary N) is 1. The van der Waals surface area contributed by atoms with Gasteiger partial charge in [0.05, 0.1) is 6.04 Å². The Balaban J connectivity index is 3.54. The van der Waals surface area contributed by atoms with Crippen molar-refractivity contribution in [2.24, 2.45) is 5.73 Å². The van der Waals surface area contributed by atoms with Crippen LogP contribution in [0.5, 0.6) is 0 Å². The van der Waals surface area contributed by atoms with Gasteiger partial charge >= 0.3 is 0 Å². The molecule has 0 aromatic rings. The Kier molecular flexibility index (Phi) is 5.22. The second kappa shape index (κ2) is 5.75. The monoisotopic (exact) mass is 154 g/mol. The molecular weight excluding hydrogens is 140 g/mol. The van der Waals surface area contributed by atoms with Crippen molar-refractivity contribution >= 4 is 5.91 Å². The van der Waals surface area contributed by atoms with Gasteiger partial charge in [0.15, 0.2) is 0 Å². The number of amides is 1. The zero-order valence-electron chi connectivity index (χ0n) is 6.76. The van der Waals surface area contributed by atoms with E-state index in [9.17, 15) is 4.79 Å². The molecule has 0 fully saturated rings. The van der Waals surface area contributed by atoms with Crippen LogP contribution in [0.2, 0.25) is 0 Å². The molecule has 11 heavy (non-hydrogen) atoms. The van der Waals surface area contributed by atoms with Gasteiger partial charge in [0.25, 0.3) is 0 Å². The van der Waals surface area contributed by atoms with Gasteiger partial charge in [-0.25, -0.2) is 0 Å². The molecule has 0 rings (SSSR count). The van der Waals surface area contributed by atoms with Gasteiger partial charge in [-0.3, -0.25) is 4.79 Å². The van der Waals surface area contributed by atoms with Crippen molar-refractivity contribution in [2.75, 3.05) is 6.54 Å². The highest BCUT2D eigenvalue weighted by Gasteiger charge is 2.09. The molecule has 0 radical (unpaired) electrons. The van der Waals surface area contributed by atoms with E-state index in [1.54, 1.807) is 0 Å². The maximum Gasteiger partial charge on any atom is 0.234 e. The Morgan fingerprint density at radius 1 is 1.82 bits per heavy atom. The van der Waals surface area contributed by atoms with Gasteiger partial charge in [0.1, 0.15) is 0 Å². The summed E-state index contributed by atoms with van der Waals surface area (Å²) in [5.41, 5.74) is 5.08. The van der Waals surface area contributed by atoms with E-state index in [1.165, 1.54) is 0 Å². The molecule has 62 valence electrons. The summed E-state index contributed by atoms with van der Waals surface area (Å²) in [6.07, 6.45) is 6.36. The predicted molar refractivity (Wildman–Crippen MR) is 44.7 cm³/mol. The molecule has 1 unspecified atom stereocenters. The van der Waals surface area contributed by atoms with Crippen molar-refractivity contribution in [1.29, 1.82) is 0 Å². The summed E-state index contributed by atoms with van der Waals surface area (Å²) in [6, 6.07) is -0.233. The van der Waals surface area contributed by atoms with Crippen LogP contribution in [0.1, 0.15) is 19.8 Å². The lowest BCUT2D eigenvalue weighted by molar-refractivity contribution is -0.120. The first-order chi connectivity index (χ1) is 5.22. The summed E-state index contributed by atoms with van der Waals surface area (Å²) >= 11 is 0. The van der Waals surface area contributed by atoms with Crippen molar-refractivity contribution in [3.63, 3.8) is 0 Å². The van der Waals surface area contributed by atoms with Gasteiger partial charge in [-0.05, 0) is 6.42 Å². The van der Waals surface area contributed by atoms with Crippen molar-refractivity contribution in [3.8, 4) is 12.3 Å². The molecule has 0 aromatic carbocycles. The second-order valence-electron chi connectivity index (χ2n) is 2.27. The molecule has 0 aliphatic carbocycles. The predicted octanol–water partition coefficient (Wildman–Crippen LogP) is -0.137. The van der Waals surface area contributed by atoms with E-state index in [4.69, 9.17) is 12.2 Å². The maximum absolute atomic E-state index is 10.6. The third-order valence-electron chi connectivity index (χ3n) is 1.41. The van der Waals surface area contributed by atoms with Crippen LogP contribution < -0.4 is 11.1 Å². The average molecular weight is 154 g/mol. The van der Waals surface area contributed by atoms with Gasteiger partial charge in [0.2, 0.25) is 5.91 Å². The van der Waals surface area contributed by atoms with Crippen molar-refractivity contribution in [3.05, 3.63) is 0 Å². The fourth-order valence-electron chi connectivity index (χ4n) is 0.765. The van der Waals surface area contributed by atoms with Crippen LogP contribution in [-0.2, 0) is 4.79 Å². The second-order valence-corrected chi connectivity index (χ2v) is 2.27. The van der Waals surface area contributed by atoms with E-state index in [2.05, 4.69) is 11.2 Å². The van der Waals surface area contributed by atoms with Gasteiger partial charge in [0, 0.05) is 13.0 Å². The van der Waals surface area contributed by atoms with E-state index in [0.717, 1.165) is 0 Å². The van der Waals surface area contributed by atoms with E-state index in [0.29, 0.717) is 19.4 Å². The topological polar surface area (TPSA) is 55.1 Å². The van der Waals surface area contributed by atoms with Crippen LogP contribution in [0.3, 0.4) is 0 Å². The highest BCUT2D eigenvalue weighted by atomic mass is 16.1. The first kappa shape index (κ1) is 9.99. The van der Waals surface area contributed by atoms with Crippen LogP contribution >= 0.6 is 0 Å². The normalized spacial score (nSPS) is 12.0. The smallest absolute Gasteiger partial charge is 0.234 e. The number of rotatable bonds is 5. The molecule has 3 heteroatoms. The molecule has 1 atom stereocenters. The molecule has 0 saturated carbocycles. The Morgan fingerprint density at radius 2 is 2.45 bits per heavy atom. The summed E-state index contributed by atoms with van der Waals surface area (Å²) in [7, 11) is 0. The summed E-state index contributed by atoms with van der Waals surface area (Å²) in [4.78, 5) is 10.6. The fraction of sp³-hybridized carbons (Fsp3) is 0.625. The first-order valence-electron chi connectivity index (χ1n) is 3.68. The fourth-order valence-corrected chi connectivity index (χ4v) is 0.765. The number of hydrogen-bond acceptors (Lipinski definition) is 2. The van der Waals surface area contributed by atoms with Crippen LogP contribution in [0.25, 0.3) is 0 Å². The van der Waals surface area contributed by atoms with E-state index >= 15 is 0 Å². The van der Waals surface area contributed by atoms with Crippen LogP contribution in [0, 0.1) is 12.3 Å². The lowest BCUT2D eigenvalue weighted by Crippen LogP contribution is -2.41. The number of hydrogen-bond donors (Lipinski definition) is 2. The third-order valence-corrected chi connectivity index (χ3v) is 1.41. The molecule has 0 heterocycles. The summed E-state index contributed by atoms with van der Waals surface area (Å²) in [5.74, 6) is 2.16. The van der Waals surface area contributed by atoms with Gasteiger partial charge in [-0.15, -0.1) is 12.3 Å². The van der Waals surface area contributed by atoms with Gasteiger partial charge in [-0.2, -0.15) is 0 Å². The zero-order valence-corrected chi connectivity index (χ0v) is 6.76. The molecule has 0 saturated heterocycles. The standard InChI is InChI=1S/C8H14N2O/c1-3-5-6-10-7(4-2)8(9)11/h1,7,10H,4-6H2,2H3,(H2,9,11). The van der Waals surface area contributed by atoms with E-state index < -0.39 is 0 Å². The molecule has 0 aliphatic heterocycles. The average Bonchev–Trinajstić information content (AvgIpc) is 1.97. The van der Waals surface area contributed by atoms with Crippen LogP contribution in [-0.4, -0.2) is 18.5 Å². The summed E-state index contributed by atoms with van der Waals surface area (Å²) in [6.45, 7) is 2.55. The lowest BCUT2D eigenvalue weighted by atomic mass is 10.2. The van der Waals surface area contributed by atoms with Crippen molar-refractivity contribution in [1.82, 2.24) is 5.32 Å². The first-order valence-corrected chi connectivity index (χ1v) is 3.68. The third kappa shape index (κ3) is 4.40. The Morgan fingerprint density at radius 3 is 2.82 bits per heavy atom. The molecule has 0 spiro atoms. The number of primary amides is 1.